The molecular weight excluding hydrogens is 292 g/mol. The predicted octanol–water partition coefficient (Wildman–Crippen LogP) is 2.96. The molecule has 0 fully saturated rings. The van der Waals surface area contributed by atoms with E-state index in [2.05, 4.69) is 5.32 Å². The van der Waals surface area contributed by atoms with Crippen molar-refractivity contribution in [1.29, 1.82) is 5.26 Å². The van der Waals surface area contributed by atoms with E-state index in [1.165, 1.54) is 13.2 Å². The standard InChI is InChI=1S/C18H16N2O3/c1-12-5-3-7-14(9-12)20-18(22)16(11-19)17(21)13-6-4-8-15(10-13)23-2/h3-10,16H,1-2H3,(H,20,22)/t16-/m1/s1. The number of Topliss-reactive ketones (excluding diaryl/α,β-unsaturated/α-hetero) is 1. The van der Waals surface area contributed by atoms with Crippen LogP contribution in [0.25, 0.3) is 0 Å². The molecule has 116 valence electrons. The van der Waals surface area contributed by atoms with Gasteiger partial charge in [0.25, 0.3) is 0 Å². The maximum absolute atomic E-state index is 12.4. The van der Waals surface area contributed by atoms with Crippen molar-refractivity contribution in [3.8, 4) is 11.8 Å². The van der Waals surface area contributed by atoms with Gasteiger partial charge < -0.3 is 10.1 Å². The Bertz CT molecular complexity index is 778. The molecule has 0 unspecified atom stereocenters. The molecule has 1 N–H and O–H groups in total. The highest BCUT2D eigenvalue weighted by Gasteiger charge is 2.27. The lowest BCUT2D eigenvalue weighted by atomic mass is 9.97. The molecule has 0 heterocycles. The Morgan fingerprint density at radius 3 is 2.57 bits per heavy atom. The van der Waals surface area contributed by atoms with Crippen LogP contribution in [0.2, 0.25) is 0 Å². The average molecular weight is 308 g/mol. The summed E-state index contributed by atoms with van der Waals surface area (Å²) in [7, 11) is 1.48. The molecule has 2 aromatic rings. The zero-order valence-electron chi connectivity index (χ0n) is 12.9. The number of hydrogen-bond acceptors (Lipinski definition) is 4. The van der Waals surface area contributed by atoms with E-state index >= 15 is 0 Å². The Hall–Kier alpha value is -3.13. The number of aryl methyl sites for hydroxylation is 1. The molecule has 0 saturated carbocycles. The summed E-state index contributed by atoms with van der Waals surface area (Å²) >= 11 is 0. The van der Waals surface area contributed by atoms with Crippen LogP contribution in [0, 0.1) is 24.2 Å². The molecule has 0 aromatic heterocycles. The zero-order valence-corrected chi connectivity index (χ0v) is 12.9. The number of nitrogens with zero attached hydrogens (tertiary/aromatic N) is 1. The second-order valence-corrected chi connectivity index (χ2v) is 5.02. The average Bonchev–Trinajstić information content (AvgIpc) is 2.55. The first-order valence-electron chi connectivity index (χ1n) is 7.00. The van der Waals surface area contributed by atoms with E-state index in [9.17, 15) is 14.9 Å². The van der Waals surface area contributed by atoms with E-state index in [1.54, 1.807) is 42.5 Å². The minimum Gasteiger partial charge on any atom is -0.497 e. The van der Waals surface area contributed by atoms with Gasteiger partial charge in [-0.15, -0.1) is 0 Å². The van der Waals surface area contributed by atoms with Crippen LogP contribution in [0.3, 0.4) is 0 Å². The SMILES string of the molecule is COc1cccc(C(=O)[C@@H](C#N)C(=O)Nc2cccc(C)c2)c1. The Kier molecular flexibility index (Phi) is 5.11. The van der Waals surface area contributed by atoms with E-state index < -0.39 is 17.6 Å². The fraction of sp³-hybridized carbons (Fsp3) is 0.167. The molecule has 0 aliphatic heterocycles. The van der Waals surface area contributed by atoms with Gasteiger partial charge in [-0.2, -0.15) is 5.26 Å². The van der Waals surface area contributed by atoms with Gasteiger partial charge in [0.05, 0.1) is 13.2 Å². The van der Waals surface area contributed by atoms with Crippen LogP contribution in [0.15, 0.2) is 48.5 Å². The van der Waals surface area contributed by atoms with Crippen molar-refractivity contribution in [2.24, 2.45) is 5.92 Å². The lowest BCUT2D eigenvalue weighted by Crippen LogP contribution is -2.28. The number of anilines is 1. The molecule has 2 rings (SSSR count). The van der Waals surface area contributed by atoms with Crippen LogP contribution >= 0.6 is 0 Å². The van der Waals surface area contributed by atoms with Crippen LogP contribution in [-0.2, 0) is 4.79 Å². The second kappa shape index (κ2) is 7.23. The van der Waals surface area contributed by atoms with Crippen LogP contribution in [0.1, 0.15) is 15.9 Å². The summed E-state index contributed by atoms with van der Waals surface area (Å²) in [4.78, 5) is 24.6. The second-order valence-electron chi connectivity index (χ2n) is 5.02. The third kappa shape index (κ3) is 3.95. The van der Waals surface area contributed by atoms with Crippen LogP contribution in [0.4, 0.5) is 5.69 Å². The number of ketones is 1. The zero-order chi connectivity index (χ0) is 16.8. The summed E-state index contributed by atoms with van der Waals surface area (Å²) in [5.41, 5.74) is 1.78. The summed E-state index contributed by atoms with van der Waals surface area (Å²) in [5, 5.41) is 11.8. The highest BCUT2D eigenvalue weighted by atomic mass is 16.5. The lowest BCUT2D eigenvalue weighted by molar-refractivity contribution is -0.117. The number of methoxy groups -OCH3 is 1. The number of rotatable bonds is 5. The van der Waals surface area contributed by atoms with Crippen LogP contribution in [0.5, 0.6) is 5.75 Å². The summed E-state index contributed by atoms with van der Waals surface area (Å²) < 4.78 is 5.05. The molecular formula is C18H16N2O3. The molecule has 23 heavy (non-hydrogen) atoms. The molecule has 1 atom stereocenters. The Balaban J connectivity index is 2.19. The Labute approximate surface area is 134 Å². The molecule has 5 heteroatoms. The molecule has 0 bridgehead atoms. The first kappa shape index (κ1) is 16.2. The number of amides is 1. The Morgan fingerprint density at radius 1 is 1.17 bits per heavy atom. The van der Waals surface area contributed by atoms with Gasteiger partial charge in [-0.3, -0.25) is 9.59 Å². The number of nitriles is 1. The minimum atomic E-state index is -1.41. The van der Waals surface area contributed by atoms with E-state index in [0.29, 0.717) is 11.4 Å². The van der Waals surface area contributed by atoms with Crippen molar-refractivity contribution in [1.82, 2.24) is 0 Å². The molecule has 0 saturated heterocycles. The maximum atomic E-state index is 12.4. The van der Waals surface area contributed by atoms with Gasteiger partial charge >= 0.3 is 0 Å². The largest absolute Gasteiger partial charge is 0.497 e. The number of hydrogen-bond donors (Lipinski definition) is 1. The topological polar surface area (TPSA) is 79.2 Å². The van der Waals surface area contributed by atoms with Crippen molar-refractivity contribution in [3.05, 3.63) is 59.7 Å². The first-order valence-corrected chi connectivity index (χ1v) is 7.00. The van der Waals surface area contributed by atoms with Gasteiger partial charge in [0.1, 0.15) is 5.75 Å². The molecule has 0 aliphatic rings. The number of carbonyl (C=O) groups is 2. The molecule has 0 spiro atoms. The molecule has 1 amide bonds. The van der Waals surface area contributed by atoms with E-state index in [0.717, 1.165) is 5.56 Å². The Morgan fingerprint density at radius 2 is 1.91 bits per heavy atom. The van der Waals surface area contributed by atoms with Gasteiger partial charge in [0.2, 0.25) is 5.91 Å². The van der Waals surface area contributed by atoms with Crippen molar-refractivity contribution in [3.63, 3.8) is 0 Å². The summed E-state index contributed by atoms with van der Waals surface area (Å²) in [5.74, 6) is -2.13. The van der Waals surface area contributed by atoms with E-state index in [4.69, 9.17) is 4.74 Å². The predicted molar refractivity (Wildman–Crippen MR) is 86.2 cm³/mol. The molecule has 0 radical (unpaired) electrons. The van der Waals surface area contributed by atoms with Crippen molar-refractivity contribution in [2.75, 3.05) is 12.4 Å². The summed E-state index contributed by atoms with van der Waals surface area (Å²) in [6, 6.07) is 15.3. The smallest absolute Gasteiger partial charge is 0.249 e. The van der Waals surface area contributed by atoms with Crippen LogP contribution in [-0.4, -0.2) is 18.8 Å². The van der Waals surface area contributed by atoms with E-state index in [-0.39, 0.29) is 5.56 Å². The highest BCUT2D eigenvalue weighted by molar-refractivity contribution is 6.15. The number of benzene rings is 2. The fourth-order valence-corrected chi connectivity index (χ4v) is 2.12. The van der Waals surface area contributed by atoms with E-state index in [1.807, 2.05) is 13.0 Å². The molecule has 0 aliphatic carbocycles. The third-order valence-corrected chi connectivity index (χ3v) is 3.29. The van der Waals surface area contributed by atoms with Gasteiger partial charge in [-0.1, -0.05) is 24.3 Å². The van der Waals surface area contributed by atoms with Crippen LogP contribution < -0.4 is 10.1 Å². The van der Waals surface area contributed by atoms with Crippen molar-refractivity contribution < 1.29 is 14.3 Å². The molecule has 5 nitrogen and oxygen atoms in total. The maximum Gasteiger partial charge on any atom is 0.249 e. The van der Waals surface area contributed by atoms with Gasteiger partial charge in [0.15, 0.2) is 11.7 Å². The van der Waals surface area contributed by atoms with Gasteiger partial charge in [0, 0.05) is 11.3 Å². The number of carbonyl (C=O) groups excluding carboxylic acids is 2. The molecule has 2 aromatic carbocycles. The fourth-order valence-electron chi connectivity index (χ4n) is 2.12. The third-order valence-electron chi connectivity index (χ3n) is 3.29. The van der Waals surface area contributed by atoms with Crippen molar-refractivity contribution in [2.45, 2.75) is 6.92 Å². The highest BCUT2D eigenvalue weighted by Crippen LogP contribution is 2.18. The van der Waals surface area contributed by atoms with Gasteiger partial charge in [-0.05, 0) is 36.8 Å². The van der Waals surface area contributed by atoms with Gasteiger partial charge in [-0.25, -0.2) is 0 Å². The monoisotopic (exact) mass is 308 g/mol. The number of ether oxygens (including phenoxy) is 1. The van der Waals surface area contributed by atoms with Crippen molar-refractivity contribution >= 4 is 17.4 Å². The quantitative estimate of drug-likeness (QED) is 0.680. The summed E-state index contributed by atoms with van der Waals surface area (Å²) in [6.07, 6.45) is 0. The minimum absolute atomic E-state index is 0.260. The lowest BCUT2D eigenvalue weighted by Gasteiger charge is -2.11. The summed E-state index contributed by atoms with van der Waals surface area (Å²) in [6.45, 7) is 1.89. The number of nitrogens with one attached hydrogen (secondary N) is 1. The normalized spacial score (nSPS) is 11.2. The first-order chi connectivity index (χ1) is 11.0.